The summed E-state index contributed by atoms with van der Waals surface area (Å²) in [6, 6.07) is 12.9. The number of halogens is 2. The van der Waals surface area contributed by atoms with Crippen molar-refractivity contribution in [2.75, 3.05) is 12.4 Å². The van der Waals surface area contributed by atoms with Gasteiger partial charge in [-0.25, -0.2) is 4.79 Å². The highest BCUT2D eigenvalue weighted by Gasteiger charge is 2.06. The Morgan fingerprint density at radius 1 is 1.14 bits per heavy atom. The molecule has 2 N–H and O–H groups in total. The number of hydrogen-bond donors (Lipinski definition) is 2. The normalized spacial score (nSPS) is 10.0. The lowest BCUT2D eigenvalue weighted by molar-refractivity contribution is 0.251. The summed E-state index contributed by atoms with van der Waals surface area (Å²) in [6.45, 7) is 0.446. The summed E-state index contributed by atoms with van der Waals surface area (Å²) < 4.78 is 6.81. The summed E-state index contributed by atoms with van der Waals surface area (Å²) in [5.74, 6) is 0.793. The van der Waals surface area contributed by atoms with E-state index >= 15 is 0 Å². The molecule has 2 rings (SSSR count). The minimum absolute atomic E-state index is 0.260. The first-order valence-corrected chi connectivity index (χ1v) is 7.80. The van der Waals surface area contributed by atoms with Crippen molar-refractivity contribution in [2.45, 2.75) is 6.54 Å². The van der Waals surface area contributed by atoms with E-state index in [-0.39, 0.29) is 6.03 Å². The molecule has 0 unspecified atom stereocenters. The fraction of sp³-hybridized carbons (Fsp3) is 0.133. The highest BCUT2D eigenvalue weighted by molar-refractivity contribution is 9.11. The quantitative estimate of drug-likeness (QED) is 0.772. The summed E-state index contributed by atoms with van der Waals surface area (Å²) >= 11 is 6.76. The Morgan fingerprint density at radius 3 is 2.52 bits per heavy atom. The van der Waals surface area contributed by atoms with Crippen molar-refractivity contribution in [1.29, 1.82) is 0 Å². The van der Waals surface area contributed by atoms with Crippen LogP contribution in [0.25, 0.3) is 0 Å². The van der Waals surface area contributed by atoms with Crippen molar-refractivity contribution in [3.05, 3.63) is 57.0 Å². The minimum atomic E-state index is -0.260. The number of benzene rings is 2. The second kappa shape index (κ2) is 7.47. The molecule has 110 valence electrons. The van der Waals surface area contributed by atoms with Gasteiger partial charge in [0.1, 0.15) is 5.75 Å². The van der Waals surface area contributed by atoms with Gasteiger partial charge < -0.3 is 15.4 Å². The van der Waals surface area contributed by atoms with Crippen LogP contribution in [0, 0.1) is 0 Å². The predicted molar refractivity (Wildman–Crippen MR) is 90.7 cm³/mol. The molecule has 0 saturated heterocycles. The molecule has 0 aliphatic rings. The summed E-state index contributed by atoms with van der Waals surface area (Å²) in [5.41, 5.74) is 1.70. The number of methoxy groups -OCH3 is 1. The molecule has 0 radical (unpaired) electrons. The van der Waals surface area contributed by atoms with Gasteiger partial charge in [-0.3, -0.25) is 0 Å². The van der Waals surface area contributed by atoms with Crippen molar-refractivity contribution in [2.24, 2.45) is 0 Å². The Bertz CT molecular complexity index is 630. The summed E-state index contributed by atoms with van der Waals surface area (Å²) in [5, 5.41) is 5.60. The average molecular weight is 414 g/mol. The molecular formula is C15H14Br2N2O2. The summed E-state index contributed by atoms with van der Waals surface area (Å²) in [4.78, 5) is 11.9. The van der Waals surface area contributed by atoms with Gasteiger partial charge in [-0.15, -0.1) is 0 Å². The Kier molecular flexibility index (Phi) is 5.64. The SMILES string of the molecule is COc1ccc(CNC(=O)Nc2cc(Br)ccc2Br)cc1. The lowest BCUT2D eigenvalue weighted by atomic mass is 10.2. The van der Waals surface area contributed by atoms with Crippen LogP contribution in [0.2, 0.25) is 0 Å². The van der Waals surface area contributed by atoms with E-state index in [2.05, 4.69) is 42.5 Å². The molecule has 0 saturated carbocycles. The second-order valence-electron chi connectivity index (χ2n) is 4.28. The Labute approximate surface area is 140 Å². The van der Waals surface area contributed by atoms with Crippen molar-refractivity contribution >= 4 is 43.6 Å². The smallest absolute Gasteiger partial charge is 0.319 e. The Hall–Kier alpha value is -1.53. The number of carbonyl (C=O) groups is 1. The van der Waals surface area contributed by atoms with Crippen LogP contribution in [0.4, 0.5) is 10.5 Å². The van der Waals surface area contributed by atoms with E-state index in [1.54, 1.807) is 7.11 Å². The molecule has 6 heteroatoms. The molecule has 0 heterocycles. The largest absolute Gasteiger partial charge is 0.497 e. The van der Waals surface area contributed by atoms with E-state index in [9.17, 15) is 4.79 Å². The van der Waals surface area contributed by atoms with Gasteiger partial charge in [-0.1, -0.05) is 28.1 Å². The Balaban J connectivity index is 1.91. The molecule has 0 aliphatic carbocycles. The highest BCUT2D eigenvalue weighted by atomic mass is 79.9. The van der Waals surface area contributed by atoms with E-state index in [1.807, 2.05) is 42.5 Å². The van der Waals surface area contributed by atoms with Crippen LogP contribution in [0.1, 0.15) is 5.56 Å². The Morgan fingerprint density at radius 2 is 1.86 bits per heavy atom. The molecule has 0 aromatic heterocycles. The van der Waals surface area contributed by atoms with E-state index in [4.69, 9.17) is 4.74 Å². The maximum absolute atomic E-state index is 11.9. The van der Waals surface area contributed by atoms with Gasteiger partial charge in [0.15, 0.2) is 0 Å². The van der Waals surface area contributed by atoms with Crippen LogP contribution in [0.15, 0.2) is 51.4 Å². The number of nitrogens with one attached hydrogen (secondary N) is 2. The molecule has 0 fully saturated rings. The van der Waals surface area contributed by atoms with Crippen LogP contribution < -0.4 is 15.4 Å². The molecule has 2 aromatic carbocycles. The van der Waals surface area contributed by atoms with Crippen molar-refractivity contribution in [1.82, 2.24) is 5.32 Å². The zero-order valence-corrected chi connectivity index (χ0v) is 14.5. The van der Waals surface area contributed by atoms with Gasteiger partial charge >= 0.3 is 6.03 Å². The molecule has 2 amide bonds. The third-order valence-electron chi connectivity index (χ3n) is 2.79. The maximum atomic E-state index is 11.9. The van der Waals surface area contributed by atoms with Crippen LogP contribution in [-0.2, 0) is 6.54 Å². The summed E-state index contributed by atoms with van der Waals surface area (Å²) in [6.07, 6.45) is 0. The number of urea groups is 1. The summed E-state index contributed by atoms with van der Waals surface area (Å²) in [7, 11) is 1.62. The number of amides is 2. The van der Waals surface area contributed by atoms with Gasteiger partial charge in [0, 0.05) is 15.5 Å². The zero-order valence-electron chi connectivity index (χ0n) is 11.3. The molecule has 0 bridgehead atoms. The monoisotopic (exact) mass is 412 g/mol. The van der Waals surface area contributed by atoms with E-state index in [0.29, 0.717) is 12.2 Å². The van der Waals surface area contributed by atoms with Crippen molar-refractivity contribution in [3.63, 3.8) is 0 Å². The van der Waals surface area contributed by atoms with Gasteiger partial charge in [-0.2, -0.15) is 0 Å². The van der Waals surface area contributed by atoms with Crippen LogP contribution >= 0.6 is 31.9 Å². The maximum Gasteiger partial charge on any atom is 0.319 e. The first-order valence-electron chi connectivity index (χ1n) is 6.21. The molecule has 0 aliphatic heterocycles. The molecular weight excluding hydrogens is 400 g/mol. The molecule has 2 aromatic rings. The molecule has 4 nitrogen and oxygen atoms in total. The zero-order chi connectivity index (χ0) is 15.2. The highest BCUT2D eigenvalue weighted by Crippen LogP contribution is 2.26. The van der Waals surface area contributed by atoms with E-state index in [0.717, 1.165) is 20.3 Å². The topological polar surface area (TPSA) is 50.4 Å². The third kappa shape index (κ3) is 4.75. The van der Waals surface area contributed by atoms with Crippen LogP contribution in [-0.4, -0.2) is 13.1 Å². The van der Waals surface area contributed by atoms with Crippen LogP contribution in [0.3, 0.4) is 0 Å². The van der Waals surface area contributed by atoms with Gasteiger partial charge in [0.05, 0.1) is 12.8 Å². The van der Waals surface area contributed by atoms with Gasteiger partial charge in [0.2, 0.25) is 0 Å². The van der Waals surface area contributed by atoms with Gasteiger partial charge in [-0.05, 0) is 51.8 Å². The second-order valence-corrected chi connectivity index (χ2v) is 6.05. The minimum Gasteiger partial charge on any atom is -0.497 e. The van der Waals surface area contributed by atoms with Crippen LogP contribution in [0.5, 0.6) is 5.75 Å². The number of ether oxygens (including phenoxy) is 1. The number of anilines is 1. The lowest BCUT2D eigenvalue weighted by Crippen LogP contribution is -2.28. The first-order chi connectivity index (χ1) is 10.1. The van der Waals surface area contributed by atoms with E-state index in [1.165, 1.54) is 0 Å². The molecule has 21 heavy (non-hydrogen) atoms. The standard InChI is InChI=1S/C15H14Br2N2O2/c1-21-12-5-2-10(3-6-12)9-18-15(20)19-14-8-11(16)4-7-13(14)17/h2-8H,9H2,1H3,(H2,18,19,20). The third-order valence-corrected chi connectivity index (χ3v) is 3.97. The predicted octanol–water partition coefficient (Wildman–Crippen LogP) is 4.54. The molecule has 0 atom stereocenters. The fourth-order valence-electron chi connectivity index (χ4n) is 1.69. The first kappa shape index (κ1) is 15.9. The lowest BCUT2D eigenvalue weighted by Gasteiger charge is -2.10. The average Bonchev–Trinajstić information content (AvgIpc) is 2.49. The van der Waals surface area contributed by atoms with Crippen molar-refractivity contribution in [3.8, 4) is 5.75 Å². The van der Waals surface area contributed by atoms with Crippen molar-refractivity contribution < 1.29 is 9.53 Å². The number of rotatable bonds is 4. The fourth-order valence-corrected chi connectivity index (χ4v) is 2.39. The number of hydrogen-bond acceptors (Lipinski definition) is 2. The van der Waals surface area contributed by atoms with E-state index < -0.39 is 0 Å². The van der Waals surface area contributed by atoms with Gasteiger partial charge in [0.25, 0.3) is 0 Å². The number of carbonyl (C=O) groups excluding carboxylic acids is 1. The molecule has 0 spiro atoms.